The summed E-state index contributed by atoms with van der Waals surface area (Å²) in [5.41, 5.74) is 2.55. The largest absolute Gasteiger partial charge is 0.497 e. The molecular weight excluding hydrogens is 290 g/mol. The Hall–Kier alpha value is -1.81. The molecule has 0 spiro atoms. The van der Waals surface area contributed by atoms with Crippen LogP contribution in [0.1, 0.15) is 24.8 Å². The number of carbonyl (C=O) groups excluding carboxylic acids is 1. The predicted molar refractivity (Wildman–Crippen MR) is 88.1 cm³/mol. The highest BCUT2D eigenvalue weighted by molar-refractivity contribution is 5.75. The van der Waals surface area contributed by atoms with Crippen molar-refractivity contribution in [2.45, 2.75) is 31.3 Å². The van der Waals surface area contributed by atoms with Crippen molar-refractivity contribution in [1.29, 1.82) is 0 Å². The fourth-order valence-electron chi connectivity index (χ4n) is 4.79. The molecule has 0 radical (unpaired) electrons. The molecule has 0 aliphatic carbocycles. The van der Waals surface area contributed by atoms with Gasteiger partial charge in [0.05, 0.1) is 20.1 Å². The second kappa shape index (κ2) is 5.68. The normalized spacial score (nSPS) is 36.3. The molecule has 23 heavy (non-hydrogen) atoms. The second-order valence-corrected chi connectivity index (χ2v) is 6.85. The van der Waals surface area contributed by atoms with Crippen LogP contribution >= 0.6 is 0 Å². The van der Waals surface area contributed by atoms with Crippen LogP contribution in [0.4, 0.5) is 0 Å². The minimum atomic E-state index is -0.0364. The van der Waals surface area contributed by atoms with E-state index in [0.717, 1.165) is 25.1 Å². The molecule has 5 rings (SSSR count). The standard InChI is InChI=1S/C19H23NO3/c1-22-15-6-3-12(4-7-15)9-13-11-20-14-5-8-17(20)18(16(13)10-14)19(21)23-2/h3-4,6-7,9,14,16-18H,5,8,10-11H2,1-2H3/b13-9+/t14-,16?,17?,18+/m1/s1. The number of rotatable bonds is 3. The Balaban J connectivity index is 1.65. The van der Waals surface area contributed by atoms with Crippen molar-refractivity contribution in [3.63, 3.8) is 0 Å². The van der Waals surface area contributed by atoms with E-state index in [0.29, 0.717) is 18.0 Å². The maximum Gasteiger partial charge on any atom is 0.310 e. The quantitative estimate of drug-likeness (QED) is 0.804. The van der Waals surface area contributed by atoms with Crippen LogP contribution in [0.15, 0.2) is 29.8 Å². The first-order valence-corrected chi connectivity index (χ1v) is 8.39. The third-order valence-corrected chi connectivity index (χ3v) is 5.85. The summed E-state index contributed by atoms with van der Waals surface area (Å²) < 4.78 is 10.3. The van der Waals surface area contributed by atoms with E-state index in [2.05, 4.69) is 23.1 Å². The van der Waals surface area contributed by atoms with Gasteiger partial charge in [-0.15, -0.1) is 0 Å². The summed E-state index contributed by atoms with van der Waals surface area (Å²) in [5, 5.41) is 0. The van der Waals surface area contributed by atoms with E-state index < -0.39 is 0 Å². The number of benzene rings is 1. The Morgan fingerprint density at radius 3 is 2.70 bits per heavy atom. The Kier molecular flexibility index (Phi) is 3.64. The lowest BCUT2D eigenvalue weighted by atomic mass is 9.71. The highest BCUT2D eigenvalue weighted by Gasteiger charge is 2.55. The fourth-order valence-corrected chi connectivity index (χ4v) is 4.79. The van der Waals surface area contributed by atoms with Crippen LogP contribution in [-0.2, 0) is 9.53 Å². The average molecular weight is 313 g/mol. The maximum absolute atomic E-state index is 12.3. The molecule has 4 heteroatoms. The maximum atomic E-state index is 12.3. The summed E-state index contributed by atoms with van der Waals surface area (Å²) in [6, 6.07) is 9.17. The number of hydrogen-bond acceptors (Lipinski definition) is 4. The molecule has 0 aromatic heterocycles. The molecule has 4 aliphatic rings. The van der Waals surface area contributed by atoms with Crippen molar-refractivity contribution < 1.29 is 14.3 Å². The Morgan fingerprint density at radius 2 is 2.00 bits per heavy atom. The molecule has 1 aromatic rings. The minimum Gasteiger partial charge on any atom is -0.497 e. The van der Waals surface area contributed by atoms with Crippen LogP contribution in [0.2, 0.25) is 0 Å². The molecule has 4 fully saturated rings. The van der Waals surface area contributed by atoms with Crippen molar-refractivity contribution >= 4 is 12.0 Å². The summed E-state index contributed by atoms with van der Waals surface area (Å²) >= 11 is 0. The summed E-state index contributed by atoms with van der Waals surface area (Å²) in [6.07, 6.45) is 5.71. The van der Waals surface area contributed by atoms with E-state index in [1.807, 2.05) is 12.1 Å². The molecule has 0 N–H and O–H groups in total. The Bertz CT molecular complexity index is 637. The first kappa shape index (κ1) is 14.8. The molecule has 4 saturated heterocycles. The van der Waals surface area contributed by atoms with E-state index in [9.17, 15) is 4.79 Å². The molecule has 122 valence electrons. The lowest BCUT2D eigenvalue weighted by Crippen LogP contribution is -2.58. The number of nitrogens with zero attached hydrogens (tertiary/aromatic N) is 1. The number of esters is 1. The Labute approximate surface area is 137 Å². The van der Waals surface area contributed by atoms with E-state index in [4.69, 9.17) is 9.47 Å². The van der Waals surface area contributed by atoms with Crippen molar-refractivity contribution in [1.82, 2.24) is 4.90 Å². The minimum absolute atomic E-state index is 0.0111. The number of ether oxygens (including phenoxy) is 2. The van der Waals surface area contributed by atoms with Gasteiger partial charge in [-0.05, 0) is 42.9 Å². The number of piperidine rings is 3. The third kappa shape index (κ3) is 2.36. The average Bonchev–Trinajstić information content (AvgIpc) is 2.90. The fraction of sp³-hybridized carbons (Fsp3) is 0.526. The topological polar surface area (TPSA) is 38.8 Å². The van der Waals surface area contributed by atoms with Crippen molar-refractivity contribution in [2.75, 3.05) is 20.8 Å². The summed E-state index contributed by atoms with van der Waals surface area (Å²) in [6.45, 7) is 1.000. The van der Waals surface area contributed by atoms with E-state index >= 15 is 0 Å². The lowest BCUT2D eigenvalue weighted by Gasteiger charge is -2.50. The first-order chi connectivity index (χ1) is 11.2. The molecule has 4 bridgehead atoms. The molecule has 4 nitrogen and oxygen atoms in total. The van der Waals surface area contributed by atoms with Crippen LogP contribution in [0.5, 0.6) is 5.75 Å². The summed E-state index contributed by atoms with van der Waals surface area (Å²) in [7, 11) is 3.19. The van der Waals surface area contributed by atoms with Gasteiger partial charge < -0.3 is 9.47 Å². The van der Waals surface area contributed by atoms with Gasteiger partial charge in [-0.3, -0.25) is 9.69 Å². The molecule has 0 amide bonds. The van der Waals surface area contributed by atoms with Gasteiger partial charge in [-0.2, -0.15) is 0 Å². The van der Waals surface area contributed by atoms with Crippen LogP contribution in [0.25, 0.3) is 6.08 Å². The van der Waals surface area contributed by atoms with Gasteiger partial charge in [0.1, 0.15) is 5.75 Å². The molecule has 4 aliphatic heterocycles. The van der Waals surface area contributed by atoms with Crippen molar-refractivity contribution in [3.05, 3.63) is 35.4 Å². The SMILES string of the molecule is COC(=O)[C@H]1C2C[C@H]3CCC1N3C/C2=C\c1ccc(OC)cc1. The van der Waals surface area contributed by atoms with Crippen molar-refractivity contribution in [3.8, 4) is 5.75 Å². The molecule has 5 atom stereocenters. The number of methoxy groups -OCH3 is 2. The zero-order valence-corrected chi connectivity index (χ0v) is 13.7. The van der Waals surface area contributed by atoms with Crippen LogP contribution in [-0.4, -0.2) is 43.7 Å². The summed E-state index contributed by atoms with van der Waals surface area (Å²) in [4.78, 5) is 14.9. The second-order valence-electron chi connectivity index (χ2n) is 6.85. The smallest absolute Gasteiger partial charge is 0.310 e. The third-order valence-electron chi connectivity index (χ3n) is 5.85. The highest BCUT2D eigenvalue weighted by atomic mass is 16.5. The van der Waals surface area contributed by atoms with Crippen molar-refractivity contribution in [2.24, 2.45) is 11.8 Å². The van der Waals surface area contributed by atoms with Gasteiger partial charge in [-0.25, -0.2) is 0 Å². The van der Waals surface area contributed by atoms with Gasteiger partial charge in [0, 0.05) is 18.6 Å². The van der Waals surface area contributed by atoms with E-state index in [1.165, 1.54) is 24.7 Å². The zero-order chi connectivity index (χ0) is 16.0. The first-order valence-electron chi connectivity index (χ1n) is 8.39. The number of carbonyl (C=O) groups is 1. The molecule has 3 unspecified atom stereocenters. The highest BCUT2D eigenvalue weighted by Crippen LogP contribution is 2.50. The van der Waals surface area contributed by atoms with Gasteiger partial charge in [0.2, 0.25) is 0 Å². The molecule has 0 saturated carbocycles. The predicted octanol–water partition coefficient (Wildman–Crippen LogP) is 2.73. The van der Waals surface area contributed by atoms with E-state index in [-0.39, 0.29) is 11.9 Å². The van der Waals surface area contributed by atoms with Crippen LogP contribution in [0, 0.1) is 11.8 Å². The van der Waals surface area contributed by atoms with Gasteiger partial charge in [-0.1, -0.05) is 23.8 Å². The number of fused-ring (bicyclic) bond motifs is 1. The molecule has 1 aromatic carbocycles. The van der Waals surface area contributed by atoms with Crippen LogP contribution < -0.4 is 4.74 Å². The summed E-state index contributed by atoms with van der Waals surface area (Å²) in [5.74, 6) is 1.18. The van der Waals surface area contributed by atoms with Gasteiger partial charge >= 0.3 is 5.97 Å². The zero-order valence-electron chi connectivity index (χ0n) is 13.7. The lowest BCUT2D eigenvalue weighted by molar-refractivity contribution is -0.153. The van der Waals surface area contributed by atoms with Crippen LogP contribution in [0.3, 0.4) is 0 Å². The Morgan fingerprint density at radius 1 is 1.22 bits per heavy atom. The molecule has 4 heterocycles. The monoisotopic (exact) mass is 313 g/mol. The number of hydrogen-bond donors (Lipinski definition) is 0. The molecular formula is C19H23NO3. The van der Waals surface area contributed by atoms with Gasteiger partial charge in [0.15, 0.2) is 0 Å². The van der Waals surface area contributed by atoms with Gasteiger partial charge in [0.25, 0.3) is 0 Å². The van der Waals surface area contributed by atoms with E-state index in [1.54, 1.807) is 7.11 Å².